The minimum atomic E-state index is -1.17. The van der Waals surface area contributed by atoms with Crippen LogP contribution in [0.4, 0.5) is 0 Å². The van der Waals surface area contributed by atoms with E-state index in [-0.39, 0.29) is 24.0 Å². The molecule has 3 rings (SSSR count). The Hall–Kier alpha value is -1.52. The van der Waals surface area contributed by atoms with Gasteiger partial charge in [-0.2, -0.15) is 0 Å². The first kappa shape index (κ1) is 14.4. The topological polar surface area (TPSA) is 101 Å². The van der Waals surface area contributed by atoms with Crippen LogP contribution in [0.25, 0.3) is 10.4 Å². The van der Waals surface area contributed by atoms with Crippen molar-refractivity contribution < 1.29 is 9.53 Å². The Morgan fingerprint density at radius 3 is 3.10 bits per heavy atom. The van der Waals surface area contributed by atoms with Gasteiger partial charge in [0.05, 0.1) is 6.54 Å². The maximum absolute atomic E-state index is 12.2. The van der Waals surface area contributed by atoms with E-state index in [1.165, 1.54) is 5.57 Å². The average Bonchev–Trinajstić information content (AvgIpc) is 2.66. The number of hydrogen-bond donors (Lipinski definition) is 1. The standard InChI is InChI=1S/C15H22N4O2/c1-9-4-3-5-14(2)7-12-11(6-10(9)14)15(16,8-18-19-17)13(20)21-12/h10-12H,1,3-8,16H2,2H3/t10-,11-,12+,14+,15+/m0/s1. The van der Waals surface area contributed by atoms with Gasteiger partial charge in [-0.05, 0) is 49.0 Å². The summed E-state index contributed by atoms with van der Waals surface area (Å²) in [5, 5.41) is 3.54. The number of hydrogen-bond acceptors (Lipinski definition) is 4. The molecule has 1 aliphatic heterocycles. The fourth-order valence-electron chi connectivity index (χ4n) is 4.66. The molecule has 1 heterocycles. The van der Waals surface area contributed by atoms with Crippen LogP contribution in [0.2, 0.25) is 0 Å². The molecule has 21 heavy (non-hydrogen) atoms. The molecule has 0 unspecified atom stereocenters. The predicted molar refractivity (Wildman–Crippen MR) is 78.1 cm³/mol. The third-order valence-corrected chi connectivity index (χ3v) is 5.88. The van der Waals surface area contributed by atoms with Gasteiger partial charge in [-0.1, -0.05) is 24.2 Å². The molecule has 0 radical (unpaired) electrons. The number of carbonyl (C=O) groups excluding carboxylic acids is 1. The van der Waals surface area contributed by atoms with E-state index in [4.69, 9.17) is 16.0 Å². The van der Waals surface area contributed by atoms with E-state index in [0.29, 0.717) is 5.92 Å². The summed E-state index contributed by atoms with van der Waals surface area (Å²) in [6.45, 7) is 6.48. The van der Waals surface area contributed by atoms with Gasteiger partial charge in [0, 0.05) is 10.8 Å². The van der Waals surface area contributed by atoms with E-state index in [9.17, 15) is 4.79 Å². The van der Waals surface area contributed by atoms with Crippen LogP contribution in [-0.4, -0.2) is 24.2 Å². The van der Waals surface area contributed by atoms with Crippen LogP contribution in [0.1, 0.15) is 39.0 Å². The second-order valence-electron chi connectivity index (χ2n) is 7.14. The number of nitrogens with zero attached hydrogens (tertiary/aromatic N) is 3. The van der Waals surface area contributed by atoms with Gasteiger partial charge in [0.1, 0.15) is 11.6 Å². The maximum Gasteiger partial charge on any atom is 0.326 e. The molecule has 3 aliphatic rings. The van der Waals surface area contributed by atoms with Crippen molar-refractivity contribution in [3.05, 3.63) is 22.6 Å². The van der Waals surface area contributed by atoms with Crippen LogP contribution < -0.4 is 5.73 Å². The zero-order valence-electron chi connectivity index (χ0n) is 12.4. The molecule has 0 aromatic rings. The lowest BCUT2D eigenvalue weighted by molar-refractivity contribution is -0.146. The van der Waals surface area contributed by atoms with Crippen LogP contribution >= 0.6 is 0 Å². The number of esters is 1. The Morgan fingerprint density at radius 2 is 2.38 bits per heavy atom. The summed E-state index contributed by atoms with van der Waals surface area (Å²) in [5.74, 6) is -0.114. The highest BCUT2D eigenvalue weighted by molar-refractivity contribution is 5.84. The normalized spacial score (nSPS) is 45.3. The number of azide groups is 1. The number of carbonyl (C=O) groups is 1. The average molecular weight is 290 g/mol. The van der Waals surface area contributed by atoms with E-state index in [0.717, 1.165) is 32.1 Å². The highest BCUT2D eigenvalue weighted by Gasteiger charge is 2.60. The van der Waals surface area contributed by atoms with Gasteiger partial charge in [0.15, 0.2) is 0 Å². The first-order chi connectivity index (χ1) is 9.90. The number of ether oxygens (including phenoxy) is 1. The monoisotopic (exact) mass is 290 g/mol. The van der Waals surface area contributed by atoms with E-state index in [2.05, 4.69) is 23.5 Å². The molecule has 3 fully saturated rings. The van der Waals surface area contributed by atoms with E-state index < -0.39 is 11.5 Å². The summed E-state index contributed by atoms with van der Waals surface area (Å²) in [4.78, 5) is 15.0. The molecular formula is C15H22N4O2. The second-order valence-corrected chi connectivity index (χ2v) is 7.14. The third kappa shape index (κ3) is 2.05. The van der Waals surface area contributed by atoms with Gasteiger partial charge in [0.25, 0.3) is 0 Å². The lowest BCUT2D eigenvalue weighted by Gasteiger charge is -2.50. The summed E-state index contributed by atoms with van der Waals surface area (Å²) in [6, 6.07) is 0. The van der Waals surface area contributed by atoms with Crippen molar-refractivity contribution in [2.45, 2.75) is 50.7 Å². The number of allylic oxidation sites excluding steroid dienone is 1. The van der Waals surface area contributed by atoms with Gasteiger partial charge in [-0.3, -0.25) is 4.79 Å². The fraction of sp³-hybridized carbons (Fsp3) is 0.800. The van der Waals surface area contributed by atoms with Gasteiger partial charge in [-0.15, -0.1) is 0 Å². The minimum absolute atomic E-state index is 0.0284. The first-order valence-electron chi connectivity index (χ1n) is 7.59. The van der Waals surface area contributed by atoms with Crippen LogP contribution in [0, 0.1) is 17.3 Å². The minimum Gasteiger partial charge on any atom is -0.461 e. The third-order valence-electron chi connectivity index (χ3n) is 5.88. The Balaban J connectivity index is 1.91. The molecule has 0 aromatic heterocycles. The Bertz CT molecular complexity index is 542. The van der Waals surface area contributed by atoms with Crippen molar-refractivity contribution in [2.24, 2.45) is 28.1 Å². The van der Waals surface area contributed by atoms with Crippen molar-refractivity contribution in [3.8, 4) is 0 Å². The van der Waals surface area contributed by atoms with Crippen molar-refractivity contribution in [2.75, 3.05) is 6.54 Å². The zero-order valence-corrected chi connectivity index (χ0v) is 12.4. The molecule has 2 N–H and O–H groups in total. The summed E-state index contributed by atoms with van der Waals surface area (Å²) in [7, 11) is 0. The molecule has 0 aromatic carbocycles. The first-order valence-corrected chi connectivity index (χ1v) is 7.59. The molecule has 5 atom stereocenters. The number of fused-ring (bicyclic) bond motifs is 2. The Morgan fingerprint density at radius 1 is 1.62 bits per heavy atom. The maximum atomic E-state index is 12.2. The second kappa shape index (κ2) is 4.75. The molecule has 114 valence electrons. The largest absolute Gasteiger partial charge is 0.461 e. The van der Waals surface area contributed by atoms with Crippen LogP contribution in [-0.2, 0) is 9.53 Å². The highest BCUT2D eigenvalue weighted by atomic mass is 16.6. The fourth-order valence-corrected chi connectivity index (χ4v) is 4.66. The van der Waals surface area contributed by atoms with Crippen molar-refractivity contribution in [1.82, 2.24) is 0 Å². The molecule has 1 saturated heterocycles. The SMILES string of the molecule is C=C1CCC[C@]2(C)C[C@H]3OC(=O)[C@@](N)(CN=[N+]=[N-])[C@H]3C[C@@H]12. The zero-order chi connectivity index (χ0) is 15.3. The van der Waals surface area contributed by atoms with E-state index >= 15 is 0 Å². The van der Waals surface area contributed by atoms with Gasteiger partial charge in [0.2, 0.25) is 0 Å². The highest BCUT2D eigenvalue weighted by Crippen LogP contribution is 2.57. The molecule has 2 aliphatic carbocycles. The quantitative estimate of drug-likeness (QED) is 0.278. The molecule has 0 bridgehead atoms. The lowest BCUT2D eigenvalue weighted by Crippen LogP contribution is -2.56. The van der Waals surface area contributed by atoms with Crippen molar-refractivity contribution in [3.63, 3.8) is 0 Å². The summed E-state index contributed by atoms with van der Waals surface area (Å²) >= 11 is 0. The summed E-state index contributed by atoms with van der Waals surface area (Å²) in [5.41, 5.74) is 15.1. The molecule has 0 amide bonds. The lowest BCUT2D eigenvalue weighted by atomic mass is 9.54. The smallest absolute Gasteiger partial charge is 0.326 e. The molecule has 2 saturated carbocycles. The van der Waals surface area contributed by atoms with Crippen LogP contribution in [0.5, 0.6) is 0 Å². The molecule has 6 heteroatoms. The van der Waals surface area contributed by atoms with Crippen molar-refractivity contribution in [1.29, 1.82) is 0 Å². The summed E-state index contributed by atoms with van der Waals surface area (Å²) in [6.07, 6.45) is 4.85. The van der Waals surface area contributed by atoms with Gasteiger partial charge in [-0.25, -0.2) is 0 Å². The Labute approximate surface area is 124 Å². The van der Waals surface area contributed by atoms with Crippen LogP contribution in [0.3, 0.4) is 0 Å². The number of rotatable bonds is 2. The van der Waals surface area contributed by atoms with Gasteiger partial charge < -0.3 is 10.5 Å². The predicted octanol–water partition coefficient (Wildman–Crippen LogP) is 2.69. The van der Waals surface area contributed by atoms with Crippen LogP contribution in [0.15, 0.2) is 17.3 Å². The van der Waals surface area contributed by atoms with E-state index in [1.54, 1.807) is 0 Å². The van der Waals surface area contributed by atoms with Gasteiger partial charge >= 0.3 is 5.97 Å². The Kier molecular flexibility index (Phi) is 3.26. The van der Waals surface area contributed by atoms with E-state index in [1.807, 2.05) is 0 Å². The summed E-state index contributed by atoms with van der Waals surface area (Å²) < 4.78 is 5.55. The van der Waals surface area contributed by atoms with Crippen molar-refractivity contribution >= 4 is 5.97 Å². The molecule has 0 spiro atoms. The molecule has 6 nitrogen and oxygen atoms in total. The molecular weight excluding hydrogens is 268 g/mol. The number of nitrogens with two attached hydrogens (primary N) is 1.